The molecule has 1 aliphatic carbocycles. The fraction of sp³-hybridized carbons (Fsp3) is 0.400. The molecule has 3 heterocycles. The van der Waals surface area contributed by atoms with Gasteiger partial charge in [0, 0.05) is 18.6 Å². The lowest BCUT2D eigenvalue weighted by Gasteiger charge is -2.27. The molecule has 0 bridgehead atoms. The fourth-order valence-electron chi connectivity index (χ4n) is 3.62. The number of fused-ring (bicyclic) bond motifs is 1. The molecule has 0 amide bonds. The van der Waals surface area contributed by atoms with E-state index in [-0.39, 0.29) is 12.2 Å². The first-order valence-electron chi connectivity index (χ1n) is 9.00. The van der Waals surface area contributed by atoms with Crippen molar-refractivity contribution < 1.29 is 9.18 Å². The number of imidazole rings is 1. The van der Waals surface area contributed by atoms with Crippen LogP contribution in [-0.2, 0) is 18.3 Å². The summed E-state index contributed by atoms with van der Waals surface area (Å²) in [5.41, 5.74) is 1.35. The van der Waals surface area contributed by atoms with Crippen LogP contribution in [0.1, 0.15) is 37.8 Å². The van der Waals surface area contributed by atoms with Crippen molar-refractivity contribution in [3.8, 4) is 11.4 Å². The largest absolute Gasteiger partial charge is 0.332 e. The molecule has 0 radical (unpaired) electrons. The van der Waals surface area contributed by atoms with Crippen LogP contribution < -0.4 is 0 Å². The zero-order valence-electron chi connectivity index (χ0n) is 14.8. The third kappa shape index (κ3) is 3.11. The van der Waals surface area contributed by atoms with Gasteiger partial charge in [-0.1, -0.05) is 6.42 Å². The first-order chi connectivity index (χ1) is 12.5. The Bertz CT molecular complexity index is 959. The van der Waals surface area contributed by atoms with Gasteiger partial charge in [-0.2, -0.15) is 0 Å². The van der Waals surface area contributed by atoms with E-state index >= 15 is 0 Å². The number of hydrogen-bond donors (Lipinski definition) is 0. The molecular formula is C20H21FN4O. The Morgan fingerprint density at radius 2 is 2.04 bits per heavy atom. The highest BCUT2D eigenvalue weighted by molar-refractivity contribution is 5.90. The number of alkyl halides is 1. The van der Waals surface area contributed by atoms with E-state index in [2.05, 4.69) is 15.0 Å². The van der Waals surface area contributed by atoms with Crippen molar-refractivity contribution in [2.24, 2.45) is 7.05 Å². The Morgan fingerprint density at radius 3 is 2.77 bits per heavy atom. The van der Waals surface area contributed by atoms with Crippen molar-refractivity contribution in [3.63, 3.8) is 0 Å². The molecule has 1 aliphatic rings. The summed E-state index contributed by atoms with van der Waals surface area (Å²) in [5.74, 6) is -0.355. The quantitative estimate of drug-likeness (QED) is 0.716. The van der Waals surface area contributed by atoms with Crippen LogP contribution >= 0.6 is 0 Å². The molecule has 0 atom stereocenters. The van der Waals surface area contributed by atoms with Gasteiger partial charge in [0.25, 0.3) is 0 Å². The Balaban J connectivity index is 1.62. The van der Waals surface area contributed by atoms with Crippen molar-refractivity contribution in [2.75, 3.05) is 0 Å². The van der Waals surface area contributed by atoms with Crippen molar-refractivity contribution in [1.82, 2.24) is 19.5 Å². The van der Waals surface area contributed by atoms with Crippen molar-refractivity contribution >= 4 is 16.7 Å². The van der Waals surface area contributed by atoms with Crippen LogP contribution in [0.25, 0.3) is 22.3 Å². The number of carbonyl (C=O) groups is 1. The predicted octanol–water partition coefficient (Wildman–Crippen LogP) is 3.81. The summed E-state index contributed by atoms with van der Waals surface area (Å²) in [5, 5.41) is 0.889. The first kappa shape index (κ1) is 16.8. The van der Waals surface area contributed by atoms with Gasteiger partial charge in [-0.15, -0.1) is 0 Å². The van der Waals surface area contributed by atoms with Gasteiger partial charge in [0.2, 0.25) is 0 Å². The van der Waals surface area contributed by atoms with E-state index in [9.17, 15) is 9.18 Å². The van der Waals surface area contributed by atoms with Crippen LogP contribution in [0.5, 0.6) is 0 Å². The minimum Gasteiger partial charge on any atom is -0.332 e. The van der Waals surface area contributed by atoms with Gasteiger partial charge in [0.05, 0.1) is 41.5 Å². The van der Waals surface area contributed by atoms with Gasteiger partial charge in [0.1, 0.15) is 0 Å². The van der Waals surface area contributed by atoms with Crippen LogP contribution in [0.3, 0.4) is 0 Å². The van der Waals surface area contributed by atoms with Gasteiger partial charge >= 0.3 is 0 Å². The van der Waals surface area contributed by atoms with Crippen LogP contribution in [0.15, 0.2) is 36.9 Å². The molecule has 0 spiro atoms. The fourth-order valence-corrected chi connectivity index (χ4v) is 3.62. The molecule has 4 rings (SSSR count). The molecule has 0 aliphatic heterocycles. The van der Waals surface area contributed by atoms with Gasteiger partial charge in [-0.25, -0.2) is 14.4 Å². The van der Waals surface area contributed by atoms with E-state index in [1.807, 2.05) is 23.7 Å². The van der Waals surface area contributed by atoms with E-state index in [0.29, 0.717) is 18.5 Å². The predicted molar refractivity (Wildman–Crippen MR) is 97.4 cm³/mol. The lowest BCUT2D eigenvalue weighted by atomic mass is 9.82. The highest BCUT2D eigenvalue weighted by Gasteiger charge is 2.39. The molecule has 0 saturated heterocycles. The summed E-state index contributed by atoms with van der Waals surface area (Å²) in [6.07, 6.45) is 8.44. The molecule has 3 aromatic heterocycles. The van der Waals surface area contributed by atoms with Gasteiger partial charge < -0.3 is 4.57 Å². The van der Waals surface area contributed by atoms with Crippen LogP contribution in [0.2, 0.25) is 0 Å². The van der Waals surface area contributed by atoms with Gasteiger partial charge in [0.15, 0.2) is 11.5 Å². The molecule has 1 fully saturated rings. The maximum absolute atomic E-state index is 14.9. The number of rotatable bonds is 4. The summed E-state index contributed by atoms with van der Waals surface area (Å²) in [4.78, 5) is 25.6. The summed E-state index contributed by atoms with van der Waals surface area (Å²) in [6, 6.07) is 5.66. The molecule has 0 N–H and O–H groups in total. The topological polar surface area (TPSA) is 60.7 Å². The zero-order valence-corrected chi connectivity index (χ0v) is 14.8. The molecule has 6 heteroatoms. The van der Waals surface area contributed by atoms with E-state index in [4.69, 9.17) is 0 Å². The zero-order chi connectivity index (χ0) is 18.1. The van der Waals surface area contributed by atoms with E-state index in [0.717, 1.165) is 41.6 Å². The van der Waals surface area contributed by atoms with E-state index < -0.39 is 5.67 Å². The Morgan fingerprint density at radius 1 is 1.23 bits per heavy atom. The maximum Gasteiger partial charge on any atom is 0.175 e. The Labute approximate surface area is 151 Å². The number of halogens is 1. The number of carbonyl (C=O) groups excluding carboxylic acids is 1. The average Bonchev–Trinajstić information content (AvgIpc) is 3.07. The minimum atomic E-state index is -1.68. The van der Waals surface area contributed by atoms with E-state index in [1.165, 1.54) is 0 Å². The number of ketones is 1. The highest BCUT2D eigenvalue weighted by atomic mass is 19.1. The van der Waals surface area contributed by atoms with E-state index in [1.54, 1.807) is 24.8 Å². The van der Waals surface area contributed by atoms with Gasteiger partial charge in [-0.05, 0) is 43.9 Å². The Kier molecular flexibility index (Phi) is 4.26. The summed E-state index contributed by atoms with van der Waals surface area (Å²) < 4.78 is 16.8. The molecule has 134 valence electrons. The molecule has 0 aromatic carbocycles. The summed E-state index contributed by atoms with van der Waals surface area (Å²) >= 11 is 0. The van der Waals surface area contributed by atoms with Crippen LogP contribution in [0, 0.1) is 0 Å². The monoisotopic (exact) mass is 352 g/mol. The molecule has 1 saturated carbocycles. The van der Waals surface area contributed by atoms with Crippen molar-refractivity contribution in [3.05, 3.63) is 42.6 Å². The average molecular weight is 352 g/mol. The van der Waals surface area contributed by atoms with Crippen LogP contribution in [-0.4, -0.2) is 31.0 Å². The summed E-state index contributed by atoms with van der Waals surface area (Å²) in [6.45, 7) is 0. The highest BCUT2D eigenvalue weighted by Crippen LogP contribution is 2.33. The lowest BCUT2D eigenvalue weighted by Crippen LogP contribution is -2.37. The third-order valence-corrected chi connectivity index (χ3v) is 5.20. The molecule has 3 aromatic rings. The maximum atomic E-state index is 14.9. The normalized spacial score (nSPS) is 16.7. The molecule has 0 unspecified atom stereocenters. The van der Waals surface area contributed by atoms with Gasteiger partial charge in [-0.3, -0.25) is 9.78 Å². The van der Waals surface area contributed by atoms with Crippen molar-refractivity contribution in [1.29, 1.82) is 0 Å². The number of Topliss-reactive ketones (excluding diaryl/α,β-unsaturated/α-hetero) is 1. The second kappa shape index (κ2) is 6.59. The number of hydrogen-bond acceptors (Lipinski definition) is 4. The van der Waals surface area contributed by atoms with Crippen LogP contribution in [0.4, 0.5) is 4.39 Å². The number of aromatic nitrogens is 4. The SMILES string of the molecule is Cn1cncc1-c1ccc2cnc(CC(=O)C3(F)CCCCC3)cc2n1. The molecule has 5 nitrogen and oxygen atoms in total. The standard InChI is InChI=1S/C20H21FN4O/c1-25-13-22-12-18(25)16-6-5-14-11-23-15(9-17(14)24-16)10-19(26)20(21)7-3-2-4-8-20/h5-6,9,11-13H,2-4,7-8,10H2,1H3. The minimum absolute atomic E-state index is 0.0179. The third-order valence-electron chi connectivity index (χ3n) is 5.20. The smallest absolute Gasteiger partial charge is 0.175 e. The molecule has 26 heavy (non-hydrogen) atoms. The van der Waals surface area contributed by atoms with Crippen molar-refractivity contribution in [2.45, 2.75) is 44.2 Å². The second-order valence-electron chi connectivity index (χ2n) is 7.08. The lowest BCUT2D eigenvalue weighted by molar-refractivity contribution is -0.132. The number of aryl methyl sites for hydroxylation is 1. The number of nitrogens with zero attached hydrogens (tertiary/aromatic N) is 4. The molecular weight excluding hydrogens is 331 g/mol. The first-order valence-corrected chi connectivity index (χ1v) is 9.00. The number of pyridine rings is 2. The summed E-state index contributed by atoms with van der Waals surface area (Å²) in [7, 11) is 1.91. The second-order valence-corrected chi connectivity index (χ2v) is 7.08. The Hall–Kier alpha value is -2.63.